The largest absolute Gasteiger partial charge is 0.416 e. The van der Waals surface area contributed by atoms with Crippen molar-refractivity contribution in [3.05, 3.63) is 35.4 Å². The summed E-state index contributed by atoms with van der Waals surface area (Å²) in [6.07, 6.45) is -2.10. The van der Waals surface area contributed by atoms with Gasteiger partial charge >= 0.3 is 6.18 Å². The van der Waals surface area contributed by atoms with Gasteiger partial charge in [0.2, 0.25) is 5.91 Å². The molecule has 0 saturated heterocycles. The molecular formula is C17H22F3NO. The minimum Gasteiger partial charge on any atom is -0.351 e. The lowest BCUT2D eigenvalue weighted by Gasteiger charge is -2.26. The third-order valence-corrected chi connectivity index (χ3v) is 4.13. The lowest BCUT2D eigenvalue weighted by Crippen LogP contribution is -2.44. The van der Waals surface area contributed by atoms with Gasteiger partial charge in [-0.3, -0.25) is 4.79 Å². The van der Waals surface area contributed by atoms with Gasteiger partial charge in [0.1, 0.15) is 0 Å². The number of amides is 1. The van der Waals surface area contributed by atoms with Crippen molar-refractivity contribution in [1.29, 1.82) is 0 Å². The molecule has 1 N–H and O–H groups in total. The number of benzene rings is 1. The van der Waals surface area contributed by atoms with Crippen LogP contribution in [0.3, 0.4) is 0 Å². The van der Waals surface area contributed by atoms with Crippen LogP contribution in [0.15, 0.2) is 24.3 Å². The third-order valence-electron chi connectivity index (χ3n) is 4.13. The summed E-state index contributed by atoms with van der Waals surface area (Å²) in [5, 5.41) is 2.96. The van der Waals surface area contributed by atoms with Gasteiger partial charge in [-0.15, -0.1) is 0 Å². The first-order chi connectivity index (χ1) is 10.2. The first kappa shape index (κ1) is 16.8. The fourth-order valence-corrected chi connectivity index (χ4v) is 3.02. The molecule has 1 aliphatic carbocycles. The van der Waals surface area contributed by atoms with Gasteiger partial charge in [0.15, 0.2) is 0 Å². The summed E-state index contributed by atoms with van der Waals surface area (Å²) in [4.78, 5) is 12.2. The van der Waals surface area contributed by atoms with Crippen molar-refractivity contribution < 1.29 is 18.0 Å². The summed E-state index contributed by atoms with van der Waals surface area (Å²) in [5.74, 6) is -0.810. The summed E-state index contributed by atoms with van der Waals surface area (Å²) in [6.45, 7) is 5.91. The fraction of sp³-hybridized carbons (Fsp3) is 0.588. The molecule has 2 nitrogen and oxygen atoms in total. The van der Waals surface area contributed by atoms with E-state index in [1.807, 2.05) is 20.8 Å². The second-order valence-electron chi connectivity index (χ2n) is 6.66. The average Bonchev–Trinajstić information content (AvgIpc) is 3.17. The maximum absolute atomic E-state index is 13.0. The number of hydrogen-bond acceptors (Lipinski definition) is 1. The SMILES string of the molecule is CCCC(C)(C)NC(=O)C1CC1c1ccccc1C(F)(F)F. The molecule has 1 aliphatic rings. The van der Waals surface area contributed by atoms with Gasteiger partial charge in [-0.1, -0.05) is 31.5 Å². The van der Waals surface area contributed by atoms with Crippen LogP contribution in [0.1, 0.15) is 57.1 Å². The molecule has 22 heavy (non-hydrogen) atoms. The van der Waals surface area contributed by atoms with Crippen LogP contribution in [0.4, 0.5) is 13.2 Å². The maximum Gasteiger partial charge on any atom is 0.416 e. The van der Waals surface area contributed by atoms with Crippen LogP contribution in [0.25, 0.3) is 0 Å². The van der Waals surface area contributed by atoms with Crippen molar-refractivity contribution in [1.82, 2.24) is 5.32 Å². The number of nitrogens with one attached hydrogen (secondary N) is 1. The molecule has 1 amide bonds. The predicted molar refractivity (Wildman–Crippen MR) is 79.4 cm³/mol. The van der Waals surface area contributed by atoms with Crippen molar-refractivity contribution in [2.45, 2.75) is 57.7 Å². The quantitative estimate of drug-likeness (QED) is 0.852. The Morgan fingerprint density at radius 2 is 1.91 bits per heavy atom. The van der Waals surface area contributed by atoms with Crippen molar-refractivity contribution in [2.75, 3.05) is 0 Å². The van der Waals surface area contributed by atoms with Crippen LogP contribution >= 0.6 is 0 Å². The van der Waals surface area contributed by atoms with Gasteiger partial charge < -0.3 is 5.32 Å². The highest BCUT2D eigenvalue weighted by molar-refractivity contribution is 5.83. The van der Waals surface area contributed by atoms with Gasteiger partial charge in [-0.25, -0.2) is 0 Å². The monoisotopic (exact) mass is 313 g/mol. The smallest absolute Gasteiger partial charge is 0.351 e. The Labute approximate surface area is 129 Å². The standard InChI is InChI=1S/C17H22F3NO/c1-4-9-16(2,3)21-15(22)13-10-12(13)11-7-5-6-8-14(11)17(18,19)20/h5-8,12-13H,4,9-10H2,1-3H3,(H,21,22). The molecule has 0 aromatic heterocycles. The zero-order valence-electron chi connectivity index (χ0n) is 13.1. The molecule has 0 heterocycles. The lowest BCUT2D eigenvalue weighted by molar-refractivity contribution is -0.138. The second kappa shape index (κ2) is 5.94. The van der Waals surface area contributed by atoms with Crippen LogP contribution in [0.2, 0.25) is 0 Å². The first-order valence-corrected chi connectivity index (χ1v) is 7.64. The van der Waals surface area contributed by atoms with E-state index < -0.39 is 11.7 Å². The van der Waals surface area contributed by atoms with E-state index in [1.165, 1.54) is 12.1 Å². The Bertz CT molecular complexity index is 551. The second-order valence-corrected chi connectivity index (χ2v) is 6.66. The van der Waals surface area contributed by atoms with Crippen molar-refractivity contribution in [2.24, 2.45) is 5.92 Å². The van der Waals surface area contributed by atoms with E-state index >= 15 is 0 Å². The molecule has 0 bridgehead atoms. The average molecular weight is 313 g/mol. The molecule has 0 spiro atoms. The number of alkyl halides is 3. The van der Waals surface area contributed by atoms with Crippen LogP contribution in [-0.2, 0) is 11.0 Å². The molecule has 122 valence electrons. The first-order valence-electron chi connectivity index (χ1n) is 7.64. The highest BCUT2D eigenvalue weighted by Gasteiger charge is 2.48. The third kappa shape index (κ3) is 3.81. The number of hydrogen-bond donors (Lipinski definition) is 1. The molecule has 1 aromatic rings. The Kier molecular flexibility index (Phi) is 4.54. The molecule has 2 rings (SSSR count). The summed E-state index contributed by atoms with van der Waals surface area (Å²) in [5.41, 5.74) is -0.700. The van der Waals surface area contributed by atoms with E-state index in [-0.39, 0.29) is 28.8 Å². The maximum atomic E-state index is 13.0. The Morgan fingerprint density at radius 1 is 1.27 bits per heavy atom. The zero-order chi connectivity index (χ0) is 16.5. The normalized spacial score (nSPS) is 21.5. The predicted octanol–water partition coefficient (Wildman–Crippen LogP) is 4.50. The number of carbonyl (C=O) groups is 1. The summed E-state index contributed by atoms with van der Waals surface area (Å²) >= 11 is 0. The fourth-order valence-electron chi connectivity index (χ4n) is 3.02. The van der Waals surface area contributed by atoms with E-state index in [1.54, 1.807) is 6.07 Å². The Morgan fingerprint density at radius 3 is 2.50 bits per heavy atom. The molecule has 2 unspecified atom stereocenters. The van der Waals surface area contributed by atoms with Crippen LogP contribution in [0.5, 0.6) is 0 Å². The van der Waals surface area contributed by atoms with Gasteiger partial charge in [0, 0.05) is 11.5 Å². The van der Waals surface area contributed by atoms with E-state index in [2.05, 4.69) is 5.32 Å². The van der Waals surface area contributed by atoms with Crippen LogP contribution < -0.4 is 5.32 Å². The van der Waals surface area contributed by atoms with E-state index in [9.17, 15) is 18.0 Å². The molecule has 1 aromatic carbocycles. The van der Waals surface area contributed by atoms with Crippen molar-refractivity contribution in [3.8, 4) is 0 Å². The molecule has 1 fully saturated rings. The van der Waals surface area contributed by atoms with E-state index in [0.717, 1.165) is 18.9 Å². The molecule has 0 aliphatic heterocycles. The minimum absolute atomic E-state index is 0.138. The topological polar surface area (TPSA) is 29.1 Å². The van der Waals surface area contributed by atoms with Crippen molar-refractivity contribution in [3.63, 3.8) is 0 Å². The van der Waals surface area contributed by atoms with E-state index in [4.69, 9.17) is 0 Å². The summed E-state index contributed by atoms with van der Waals surface area (Å²) in [7, 11) is 0. The molecular weight excluding hydrogens is 291 g/mol. The minimum atomic E-state index is -4.37. The summed E-state index contributed by atoms with van der Waals surface area (Å²) < 4.78 is 39.1. The summed E-state index contributed by atoms with van der Waals surface area (Å²) in [6, 6.07) is 5.55. The van der Waals surface area contributed by atoms with Crippen LogP contribution in [-0.4, -0.2) is 11.4 Å². The van der Waals surface area contributed by atoms with Crippen LogP contribution in [0, 0.1) is 5.92 Å². The van der Waals surface area contributed by atoms with Gasteiger partial charge in [-0.2, -0.15) is 13.2 Å². The molecule has 2 atom stereocenters. The van der Waals surface area contributed by atoms with Gasteiger partial charge in [0.05, 0.1) is 5.56 Å². The van der Waals surface area contributed by atoms with E-state index in [0.29, 0.717) is 6.42 Å². The lowest BCUT2D eigenvalue weighted by atomic mass is 9.98. The highest BCUT2D eigenvalue weighted by atomic mass is 19.4. The highest BCUT2D eigenvalue weighted by Crippen LogP contribution is 2.51. The molecule has 1 saturated carbocycles. The Hall–Kier alpha value is -1.52. The number of halogens is 3. The molecule has 5 heteroatoms. The molecule has 0 radical (unpaired) electrons. The Balaban J connectivity index is 2.09. The van der Waals surface area contributed by atoms with Gasteiger partial charge in [-0.05, 0) is 44.2 Å². The zero-order valence-corrected chi connectivity index (χ0v) is 13.1. The number of carbonyl (C=O) groups excluding carboxylic acids is 1. The number of rotatable bonds is 5. The van der Waals surface area contributed by atoms with Gasteiger partial charge in [0.25, 0.3) is 0 Å². The van der Waals surface area contributed by atoms with Crippen molar-refractivity contribution >= 4 is 5.91 Å².